The van der Waals surface area contributed by atoms with Gasteiger partial charge in [-0.3, -0.25) is 0 Å². The lowest BCUT2D eigenvalue weighted by molar-refractivity contribution is 0.454. The first-order valence-electron chi connectivity index (χ1n) is 8.52. The summed E-state index contributed by atoms with van der Waals surface area (Å²) in [6, 6.07) is 8.72. The van der Waals surface area contributed by atoms with Crippen molar-refractivity contribution in [2.45, 2.75) is 31.1 Å². The third-order valence-electron chi connectivity index (χ3n) is 4.54. The number of thioether (sulfide) groups is 1. The predicted molar refractivity (Wildman–Crippen MR) is 107 cm³/mol. The molecular weight excluding hydrogens is 334 g/mol. The summed E-state index contributed by atoms with van der Waals surface area (Å²) in [6.45, 7) is 4.23. The monoisotopic (exact) mass is 359 g/mol. The third-order valence-corrected chi connectivity index (χ3v) is 6.40. The largest absolute Gasteiger partial charge is 0.402 e. The summed E-state index contributed by atoms with van der Waals surface area (Å²) >= 11 is 3.56. The van der Waals surface area contributed by atoms with E-state index in [1.54, 1.807) is 23.1 Å². The molecule has 0 amide bonds. The lowest BCUT2D eigenvalue weighted by Crippen LogP contribution is -2.35. The summed E-state index contributed by atoms with van der Waals surface area (Å²) in [5, 5.41) is 1.13. The van der Waals surface area contributed by atoms with Gasteiger partial charge in [-0.25, -0.2) is 4.98 Å². The second kappa shape index (κ2) is 8.08. The van der Waals surface area contributed by atoms with Crippen molar-refractivity contribution in [2.24, 2.45) is 11.7 Å². The summed E-state index contributed by atoms with van der Waals surface area (Å²) in [5.41, 5.74) is 8.50. The molecule has 3 rings (SSSR count). The molecule has 1 fully saturated rings. The van der Waals surface area contributed by atoms with Crippen LogP contribution in [0.15, 0.2) is 47.1 Å². The van der Waals surface area contributed by atoms with Crippen molar-refractivity contribution in [3.8, 4) is 10.4 Å². The molecule has 2 aromatic rings. The van der Waals surface area contributed by atoms with Crippen molar-refractivity contribution in [3.63, 3.8) is 0 Å². The topological polar surface area (TPSA) is 42.1 Å². The van der Waals surface area contributed by atoms with Crippen LogP contribution in [0.4, 0.5) is 5.13 Å². The van der Waals surface area contributed by atoms with Crippen molar-refractivity contribution in [2.75, 3.05) is 24.2 Å². The Labute approximate surface area is 153 Å². The number of nitrogens with two attached hydrogens (primary N) is 1. The highest BCUT2D eigenvalue weighted by molar-refractivity contribution is 7.98. The Bertz CT molecular complexity index is 683. The van der Waals surface area contributed by atoms with Gasteiger partial charge in [0, 0.05) is 35.8 Å². The van der Waals surface area contributed by atoms with Crippen LogP contribution in [-0.2, 0) is 0 Å². The number of benzene rings is 1. The van der Waals surface area contributed by atoms with Gasteiger partial charge in [0.2, 0.25) is 0 Å². The van der Waals surface area contributed by atoms with E-state index in [0.717, 1.165) is 43.2 Å². The smallest absolute Gasteiger partial charge is 0.185 e. The maximum atomic E-state index is 6.17. The molecule has 24 heavy (non-hydrogen) atoms. The third kappa shape index (κ3) is 3.95. The van der Waals surface area contributed by atoms with Crippen molar-refractivity contribution in [3.05, 3.63) is 42.2 Å². The molecule has 1 aromatic heterocycles. The van der Waals surface area contributed by atoms with Crippen LogP contribution >= 0.6 is 23.1 Å². The van der Waals surface area contributed by atoms with E-state index < -0.39 is 0 Å². The van der Waals surface area contributed by atoms with Crippen LogP contribution in [0, 0.1) is 5.92 Å². The van der Waals surface area contributed by atoms with Gasteiger partial charge >= 0.3 is 0 Å². The molecule has 1 aromatic carbocycles. The van der Waals surface area contributed by atoms with E-state index in [0.29, 0.717) is 5.92 Å². The summed E-state index contributed by atoms with van der Waals surface area (Å²) < 4.78 is 0. The molecule has 3 nitrogen and oxygen atoms in total. The van der Waals surface area contributed by atoms with E-state index in [4.69, 9.17) is 5.73 Å². The van der Waals surface area contributed by atoms with Gasteiger partial charge in [0.25, 0.3) is 0 Å². The lowest BCUT2D eigenvalue weighted by Gasteiger charge is -2.32. The fourth-order valence-electron chi connectivity index (χ4n) is 3.11. The first-order chi connectivity index (χ1) is 11.7. The van der Waals surface area contributed by atoms with Gasteiger partial charge in [0.1, 0.15) is 0 Å². The molecule has 2 heterocycles. The average Bonchev–Trinajstić information content (AvgIpc) is 3.12. The number of thiazole rings is 1. The van der Waals surface area contributed by atoms with Crippen LogP contribution in [0.1, 0.15) is 26.2 Å². The highest BCUT2D eigenvalue weighted by Crippen LogP contribution is 2.34. The van der Waals surface area contributed by atoms with E-state index >= 15 is 0 Å². The maximum Gasteiger partial charge on any atom is 0.185 e. The Morgan fingerprint density at radius 1 is 1.33 bits per heavy atom. The summed E-state index contributed by atoms with van der Waals surface area (Å²) in [6.07, 6.45) is 9.55. The first kappa shape index (κ1) is 17.4. The van der Waals surface area contributed by atoms with Gasteiger partial charge in [-0.1, -0.05) is 36.5 Å². The van der Waals surface area contributed by atoms with Crippen LogP contribution in [0.3, 0.4) is 0 Å². The SMILES string of the molecule is CC/C=C(/N)C1CCN(c2ncc(-c3ccc(SC)cc3)s2)CC1. The first-order valence-corrected chi connectivity index (χ1v) is 10.6. The fraction of sp³-hybridized carbons (Fsp3) is 0.421. The lowest BCUT2D eigenvalue weighted by atomic mass is 9.93. The Morgan fingerprint density at radius 2 is 2.04 bits per heavy atom. The summed E-state index contributed by atoms with van der Waals surface area (Å²) in [4.78, 5) is 9.60. The van der Waals surface area contributed by atoms with E-state index in [1.165, 1.54) is 15.3 Å². The van der Waals surface area contributed by atoms with Gasteiger partial charge in [-0.15, -0.1) is 11.8 Å². The quantitative estimate of drug-likeness (QED) is 0.763. The number of allylic oxidation sites excluding steroid dienone is 2. The zero-order valence-electron chi connectivity index (χ0n) is 14.4. The molecule has 0 bridgehead atoms. The molecule has 5 heteroatoms. The van der Waals surface area contributed by atoms with E-state index in [9.17, 15) is 0 Å². The van der Waals surface area contributed by atoms with E-state index in [2.05, 4.69) is 53.4 Å². The minimum absolute atomic E-state index is 0.541. The molecule has 0 atom stereocenters. The Kier molecular flexibility index (Phi) is 5.85. The molecule has 0 spiro atoms. The van der Waals surface area contributed by atoms with E-state index in [-0.39, 0.29) is 0 Å². The van der Waals surface area contributed by atoms with Gasteiger partial charge in [-0.05, 0) is 43.2 Å². The zero-order valence-corrected chi connectivity index (χ0v) is 16.0. The number of anilines is 1. The minimum Gasteiger partial charge on any atom is -0.402 e. The highest BCUT2D eigenvalue weighted by Gasteiger charge is 2.22. The standard InChI is InChI=1S/C19H25N3S2/c1-3-4-17(20)14-9-11-22(12-10-14)19-21-13-18(24-19)15-5-7-16(23-2)8-6-15/h4-8,13-14H,3,9-12,20H2,1-2H3/b17-4+. The minimum atomic E-state index is 0.541. The van der Waals surface area contributed by atoms with Crippen LogP contribution in [0.25, 0.3) is 10.4 Å². The van der Waals surface area contributed by atoms with Crippen LogP contribution in [-0.4, -0.2) is 24.3 Å². The second-order valence-electron chi connectivity index (χ2n) is 6.11. The number of piperidine rings is 1. The van der Waals surface area contributed by atoms with Crippen LogP contribution in [0.2, 0.25) is 0 Å². The molecule has 1 aliphatic rings. The van der Waals surface area contributed by atoms with Crippen molar-refractivity contribution in [1.29, 1.82) is 0 Å². The molecular formula is C19H25N3S2. The molecule has 1 saturated heterocycles. The number of hydrogen-bond acceptors (Lipinski definition) is 5. The number of nitrogens with zero attached hydrogens (tertiary/aromatic N) is 2. The average molecular weight is 360 g/mol. The fourth-order valence-corrected chi connectivity index (χ4v) is 4.49. The van der Waals surface area contributed by atoms with Crippen molar-refractivity contribution >= 4 is 28.2 Å². The van der Waals surface area contributed by atoms with Crippen LogP contribution < -0.4 is 10.6 Å². The Balaban J connectivity index is 1.65. The van der Waals surface area contributed by atoms with E-state index in [1.807, 2.05) is 6.20 Å². The molecule has 2 N–H and O–H groups in total. The summed E-state index contributed by atoms with van der Waals surface area (Å²) in [7, 11) is 0. The molecule has 0 unspecified atom stereocenters. The number of aromatic nitrogens is 1. The zero-order chi connectivity index (χ0) is 16.9. The Morgan fingerprint density at radius 3 is 2.67 bits per heavy atom. The molecule has 0 radical (unpaired) electrons. The normalized spacial score (nSPS) is 16.6. The second-order valence-corrected chi connectivity index (χ2v) is 8.00. The Hall–Kier alpha value is -1.46. The van der Waals surface area contributed by atoms with Crippen LogP contribution in [0.5, 0.6) is 0 Å². The molecule has 0 aliphatic carbocycles. The maximum absolute atomic E-state index is 6.17. The van der Waals surface area contributed by atoms with Gasteiger partial charge < -0.3 is 10.6 Å². The summed E-state index contributed by atoms with van der Waals surface area (Å²) in [5.74, 6) is 0.541. The van der Waals surface area contributed by atoms with Crippen molar-refractivity contribution < 1.29 is 0 Å². The molecule has 128 valence electrons. The highest BCUT2D eigenvalue weighted by atomic mass is 32.2. The molecule has 1 aliphatic heterocycles. The number of rotatable bonds is 5. The van der Waals surface area contributed by atoms with Crippen molar-refractivity contribution in [1.82, 2.24) is 4.98 Å². The van der Waals surface area contributed by atoms with Gasteiger partial charge in [0.15, 0.2) is 5.13 Å². The molecule has 0 saturated carbocycles. The van der Waals surface area contributed by atoms with Gasteiger partial charge in [-0.2, -0.15) is 0 Å². The van der Waals surface area contributed by atoms with Gasteiger partial charge in [0.05, 0.1) is 4.88 Å². The predicted octanol–water partition coefficient (Wildman–Crippen LogP) is 5.00. The number of hydrogen-bond donors (Lipinski definition) is 1.